The number of nitrogens with one attached hydrogen (secondary N) is 1. The lowest BCUT2D eigenvalue weighted by Crippen LogP contribution is -2.26. The molecule has 0 bridgehead atoms. The molecule has 1 N–H and O–H groups in total. The van der Waals surface area contributed by atoms with Crippen molar-refractivity contribution < 1.29 is 0 Å². The van der Waals surface area contributed by atoms with Gasteiger partial charge in [-0.25, -0.2) is 4.98 Å². The second-order valence-corrected chi connectivity index (χ2v) is 5.09. The van der Waals surface area contributed by atoms with Crippen LogP contribution in [-0.2, 0) is 0 Å². The Bertz CT molecular complexity index is 318. The Morgan fingerprint density at radius 3 is 2.75 bits per heavy atom. The fourth-order valence-electron chi connectivity index (χ4n) is 2.45. The zero-order valence-electron chi connectivity index (χ0n) is 10.4. The van der Waals surface area contributed by atoms with Crippen molar-refractivity contribution in [3.63, 3.8) is 0 Å². The summed E-state index contributed by atoms with van der Waals surface area (Å²) in [5.74, 6) is 1.80. The van der Waals surface area contributed by atoms with Crippen LogP contribution in [0.4, 0.5) is 5.82 Å². The van der Waals surface area contributed by atoms with Crippen molar-refractivity contribution in [1.29, 1.82) is 0 Å². The van der Waals surface area contributed by atoms with Gasteiger partial charge in [0.05, 0.1) is 0 Å². The zero-order chi connectivity index (χ0) is 11.4. The minimum atomic E-state index is 0.609. The van der Waals surface area contributed by atoms with Gasteiger partial charge < -0.3 is 5.32 Å². The molecular formula is C14H22N2. The average molecular weight is 218 g/mol. The Hall–Kier alpha value is -1.05. The Kier molecular flexibility index (Phi) is 3.81. The van der Waals surface area contributed by atoms with E-state index in [1.165, 1.54) is 37.7 Å². The van der Waals surface area contributed by atoms with Crippen LogP contribution in [0.5, 0.6) is 0 Å². The highest BCUT2D eigenvalue weighted by molar-refractivity contribution is 5.36. The molecule has 1 heterocycles. The summed E-state index contributed by atoms with van der Waals surface area (Å²) in [5.41, 5.74) is 1.22. The normalized spacial score (nSPS) is 26.1. The first-order chi connectivity index (χ1) is 7.75. The minimum absolute atomic E-state index is 0.609. The third-order valence-corrected chi connectivity index (χ3v) is 3.61. The molecule has 1 aromatic heterocycles. The highest BCUT2D eigenvalue weighted by Gasteiger charge is 2.19. The van der Waals surface area contributed by atoms with Gasteiger partial charge in [0.15, 0.2) is 0 Å². The van der Waals surface area contributed by atoms with Gasteiger partial charge in [-0.2, -0.15) is 0 Å². The fraction of sp³-hybridized carbons (Fsp3) is 0.643. The van der Waals surface area contributed by atoms with Crippen molar-refractivity contribution in [3.8, 4) is 0 Å². The van der Waals surface area contributed by atoms with Gasteiger partial charge in [0.1, 0.15) is 5.82 Å². The second-order valence-electron chi connectivity index (χ2n) is 5.09. The molecule has 0 aromatic carbocycles. The molecule has 0 saturated heterocycles. The molecule has 1 fully saturated rings. The maximum absolute atomic E-state index is 4.43. The second kappa shape index (κ2) is 5.33. The van der Waals surface area contributed by atoms with Crippen LogP contribution in [0.3, 0.4) is 0 Å². The van der Waals surface area contributed by atoms with E-state index in [0.29, 0.717) is 6.04 Å². The van der Waals surface area contributed by atoms with Gasteiger partial charge >= 0.3 is 0 Å². The summed E-state index contributed by atoms with van der Waals surface area (Å²) in [6.07, 6.45) is 8.71. The molecule has 0 amide bonds. The largest absolute Gasteiger partial charge is 0.367 e. The molecule has 1 saturated carbocycles. The number of rotatable bonds is 2. The highest BCUT2D eigenvalue weighted by Crippen LogP contribution is 2.25. The summed E-state index contributed by atoms with van der Waals surface area (Å²) in [6.45, 7) is 4.43. The lowest BCUT2D eigenvalue weighted by molar-refractivity contribution is 0.455. The predicted molar refractivity (Wildman–Crippen MR) is 68.6 cm³/mol. The molecule has 2 unspecified atom stereocenters. The molecule has 0 spiro atoms. The summed E-state index contributed by atoms with van der Waals surface area (Å²) in [4.78, 5) is 4.43. The van der Waals surface area contributed by atoms with Crippen LogP contribution >= 0.6 is 0 Å². The van der Waals surface area contributed by atoms with Crippen LogP contribution in [0.2, 0.25) is 0 Å². The SMILES string of the molecule is Cc1ccc(NC2CCCCCC2C)nc1. The number of pyridine rings is 1. The third kappa shape index (κ3) is 2.97. The van der Waals surface area contributed by atoms with Gasteiger partial charge in [-0.3, -0.25) is 0 Å². The first-order valence-corrected chi connectivity index (χ1v) is 6.45. The monoisotopic (exact) mass is 218 g/mol. The fourth-order valence-corrected chi connectivity index (χ4v) is 2.45. The van der Waals surface area contributed by atoms with E-state index in [4.69, 9.17) is 0 Å². The number of nitrogens with zero attached hydrogens (tertiary/aromatic N) is 1. The van der Waals surface area contributed by atoms with Crippen LogP contribution in [0, 0.1) is 12.8 Å². The van der Waals surface area contributed by atoms with Crippen LogP contribution in [0.1, 0.15) is 44.6 Å². The van der Waals surface area contributed by atoms with Crippen molar-refractivity contribution in [2.45, 2.75) is 52.0 Å². The summed E-state index contributed by atoms with van der Waals surface area (Å²) in [6, 6.07) is 4.82. The zero-order valence-corrected chi connectivity index (χ0v) is 10.4. The number of hydrogen-bond acceptors (Lipinski definition) is 2. The lowest BCUT2D eigenvalue weighted by atomic mass is 9.97. The van der Waals surface area contributed by atoms with Gasteiger partial charge in [0.25, 0.3) is 0 Å². The average Bonchev–Trinajstić information content (AvgIpc) is 2.48. The van der Waals surface area contributed by atoms with Crippen molar-refractivity contribution in [3.05, 3.63) is 23.9 Å². The summed E-state index contributed by atoms with van der Waals surface area (Å²) in [7, 11) is 0. The van der Waals surface area contributed by atoms with E-state index in [9.17, 15) is 0 Å². The Morgan fingerprint density at radius 2 is 2.00 bits per heavy atom. The van der Waals surface area contributed by atoms with Gasteiger partial charge in [0.2, 0.25) is 0 Å². The van der Waals surface area contributed by atoms with Crippen molar-refractivity contribution in [2.24, 2.45) is 5.92 Å². The van der Waals surface area contributed by atoms with Crippen LogP contribution in [-0.4, -0.2) is 11.0 Å². The van der Waals surface area contributed by atoms with E-state index in [1.54, 1.807) is 0 Å². The van der Waals surface area contributed by atoms with Gasteiger partial charge in [-0.05, 0) is 37.3 Å². The molecule has 2 nitrogen and oxygen atoms in total. The standard InChI is InChI=1S/C14H22N2/c1-11-8-9-14(15-10-11)16-13-7-5-3-4-6-12(13)2/h8-10,12-13H,3-7H2,1-2H3,(H,15,16). The lowest BCUT2D eigenvalue weighted by Gasteiger charge is -2.23. The molecule has 16 heavy (non-hydrogen) atoms. The van der Waals surface area contributed by atoms with Crippen LogP contribution < -0.4 is 5.32 Å². The molecule has 2 rings (SSSR count). The molecular weight excluding hydrogens is 196 g/mol. The molecule has 0 radical (unpaired) electrons. The van der Waals surface area contributed by atoms with Crippen molar-refractivity contribution in [1.82, 2.24) is 4.98 Å². The van der Waals surface area contributed by atoms with Gasteiger partial charge in [0, 0.05) is 12.2 Å². The Balaban J connectivity index is 1.99. The molecule has 0 aliphatic heterocycles. The Morgan fingerprint density at radius 1 is 1.19 bits per heavy atom. The maximum Gasteiger partial charge on any atom is 0.126 e. The third-order valence-electron chi connectivity index (χ3n) is 3.61. The predicted octanol–water partition coefficient (Wildman–Crippen LogP) is 3.77. The van der Waals surface area contributed by atoms with Gasteiger partial charge in [-0.15, -0.1) is 0 Å². The molecule has 2 heteroatoms. The van der Waals surface area contributed by atoms with Crippen molar-refractivity contribution in [2.75, 3.05) is 5.32 Å². The highest BCUT2D eigenvalue weighted by atomic mass is 15.0. The van der Waals surface area contributed by atoms with E-state index in [2.05, 4.69) is 36.3 Å². The summed E-state index contributed by atoms with van der Waals surface area (Å²) in [5, 5.41) is 3.59. The van der Waals surface area contributed by atoms with Crippen molar-refractivity contribution >= 4 is 5.82 Å². The minimum Gasteiger partial charge on any atom is -0.367 e. The number of anilines is 1. The first kappa shape index (κ1) is 11.4. The smallest absolute Gasteiger partial charge is 0.126 e. The summed E-state index contributed by atoms with van der Waals surface area (Å²) >= 11 is 0. The maximum atomic E-state index is 4.43. The molecule has 2 atom stereocenters. The molecule has 88 valence electrons. The molecule has 1 aliphatic rings. The Labute approximate surface area is 98.5 Å². The quantitative estimate of drug-likeness (QED) is 0.764. The number of aromatic nitrogens is 1. The van der Waals surface area contributed by atoms with Gasteiger partial charge in [-0.1, -0.05) is 32.3 Å². The molecule has 1 aliphatic carbocycles. The summed E-state index contributed by atoms with van der Waals surface area (Å²) < 4.78 is 0. The van der Waals surface area contributed by atoms with Crippen LogP contribution in [0.25, 0.3) is 0 Å². The topological polar surface area (TPSA) is 24.9 Å². The molecule has 1 aromatic rings. The number of hydrogen-bond donors (Lipinski definition) is 1. The number of aryl methyl sites for hydroxylation is 1. The van der Waals surface area contributed by atoms with E-state index >= 15 is 0 Å². The first-order valence-electron chi connectivity index (χ1n) is 6.45. The van der Waals surface area contributed by atoms with E-state index in [1.807, 2.05) is 6.20 Å². The van der Waals surface area contributed by atoms with E-state index in [0.717, 1.165) is 11.7 Å². The van der Waals surface area contributed by atoms with E-state index in [-0.39, 0.29) is 0 Å². The van der Waals surface area contributed by atoms with Crippen LogP contribution in [0.15, 0.2) is 18.3 Å². The van der Waals surface area contributed by atoms with E-state index < -0.39 is 0 Å².